The van der Waals surface area contributed by atoms with Crippen LogP contribution in [-0.2, 0) is 4.74 Å². The van der Waals surface area contributed by atoms with E-state index in [1.807, 2.05) is 12.1 Å². The van der Waals surface area contributed by atoms with Gasteiger partial charge in [0.1, 0.15) is 0 Å². The minimum Gasteiger partial charge on any atom is -0.383 e. The Bertz CT molecular complexity index is 416. The second kappa shape index (κ2) is 6.35. The number of nitrogens with zero attached hydrogens (tertiary/aromatic N) is 1. The second-order valence-corrected chi connectivity index (χ2v) is 5.86. The largest absolute Gasteiger partial charge is 0.383 e. The molecule has 0 amide bonds. The molecule has 3 nitrogen and oxygen atoms in total. The maximum atomic E-state index is 6.22. The van der Waals surface area contributed by atoms with Crippen LogP contribution in [0.1, 0.15) is 18.0 Å². The van der Waals surface area contributed by atoms with Crippen molar-refractivity contribution in [2.75, 3.05) is 26.8 Å². The minimum absolute atomic E-state index is 0.166. The van der Waals surface area contributed by atoms with Gasteiger partial charge in [0.2, 0.25) is 0 Å². The maximum Gasteiger partial charge on any atom is 0.0589 e. The molecule has 0 bridgehead atoms. The lowest BCUT2D eigenvalue weighted by Crippen LogP contribution is -2.33. The standard InChI is InChI=1S/C13H18BrClN2O/c1-18-7-6-17-5-4-12(16)13(17)9-2-3-10(14)11(15)8-9/h2-3,8,12-13H,4-7,16H2,1H3. The molecule has 0 saturated carbocycles. The molecule has 1 fully saturated rings. The Labute approximate surface area is 121 Å². The third-order valence-electron chi connectivity index (χ3n) is 3.42. The van der Waals surface area contributed by atoms with E-state index >= 15 is 0 Å². The molecule has 1 saturated heterocycles. The first kappa shape index (κ1) is 14.3. The Morgan fingerprint density at radius 2 is 2.33 bits per heavy atom. The van der Waals surface area contributed by atoms with Gasteiger partial charge in [0, 0.05) is 30.7 Å². The normalized spacial score (nSPS) is 24.7. The highest BCUT2D eigenvalue weighted by Gasteiger charge is 2.32. The summed E-state index contributed by atoms with van der Waals surface area (Å²) in [5.74, 6) is 0. The fourth-order valence-electron chi connectivity index (χ4n) is 2.50. The fraction of sp³-hybridized carbons (Fsp3) is 0.538. The highest BCUT2D eigenvalue weighted by Crippen LogP contribution is 2.34. The van der Waals surface area contributed by atoms with Gasteiger partial charge in [-0.25, -0.2) is 0 Å². The van der Waals surface area contributed by atoms with Crippen LogP contribution in [0.3, 0.4) is 0 Å². The Morgan fingerprint density at radius 1 is 1.56 bits per heavy atom. The molecule has 1 aliphatic rings. The molecule has 100 valence electrons. The zero-order valence-electron chi connectivity index (χ0n) is 10.4. The van der Waals surface area contributed by atoms with Crippen LogP contribution in [-0.4, -0.2) is 37.7 Å². The number of hydrogen-bond acceptors (Lipinski definition) is 3. The van der Waals surface area contributed by atoms with Gasteiger partial charge in [-0.05, 0) is 40.0 Å². The van der Waals surface area contributed by atoms with E-state index in [4.69, 9.17) is 22.1 Å². The molecule has 0 aromatic heterocycles. The Morgan fingerprint density at radius 3 is 3.00 bits per heavy atom. The molecule has 2 atom stereocenters. The van der Waals surface area contributed by atoms with E-state index in [9.17, 15) is 0 Å². The van der Waals surface area contributed by atoms with Crippen molar-refractivity contribution in [3.8, 4) is 0 Å². The van der Waals surface area contributed by atoms with Gasteiger partial charge in [0.05, 0.1) is 17.7 Å². The number of hydrogen-bond donors (Lipinski definition) is 1. The van der Waals surface area contributed by atoms with Crippen molar-refractivity contribution in [1.82, 2.24) is 4.90 Å². The SMILES string of the molecule is COCCN1CCC(N)C1c1ccc(Br)c(Cl)c1. The Hall–Kier alpha value is -0.130. The van der Waals surface area contributed by atoms with Gasteiger partial charge >= 0.3 is 0 Å². The van der Waals surface area contributed by atoms with Gasteiger partial charge in [-0.3, -0.25) is 4.90 Å². The monoisotopic (exact) mass is 332 g/mol. The molecule has 0 radical (unpaired) electrons. The van der Waals surface area contributed by atoms with Crippen LogP contribution < -0.4 is 5.73 Å². The number of methoxy groups -OCH3 is 1. The van der Waals surface area contributed by atoms with Gasteiger partial charge in [-0.1, -0.05) is 17.7 Å². The molecule has 2 rings (SSSR count). The number of ether oxygens (including phenoxy) is 1. The van der Waals surface area contributed by atoms with E-state index < -0.39 is 0 Å². The van der Waals surface area contributed by atoms with Crippen molar-refractivity contribution in [3.63, 3.8) is 0 Å². The van der Waals surface area contributed by atoms with E-state index in [-0.39, 0.29) is 12.1 Å². The molecule has 2 N–H and O–H groups in total. The van der Waals surface area contributed by atoms with Crippen molar-refractivity contribution in [2.45, 2.75) is 18.5 Å². The summed E-state index contributed by atoms with van der Waals surface area (Å²) in [4.78, 5) is 2.37. The van der Waals surface area contributed by atoms with Crippen LogP contribution in [0.2, 0.25) is 5.02 Å². The summed E-state index contributed by atoms with van der Waals surface area (Å²) in [7, 11) is 1.72. The molecule has 18 heavy (non-hydrogen) atoms. The van der Waals surface area contributed by atoms with Crippen LogP contribution in [0.25, 0.3) is 0 Å². The molecule has 1 aromatic carbocycles. The first-order valence-corrected chi connectivity index (χ1v) is 7.24. The second-order valence-electron chi connectivity index (χ2n) is 4.60. The number of rotatable bonds is 4. The fourth-order valence-corrected chi connectivity index (χ4v) is 2.93. The predicted molar refractivity (Wildman–Crippen MR) is 77.9 cm³/mol. The van der Waals surface area contributed by atoms with Crippen molar-refractivity contribution in [3.05, 3.63) is 33.3 Å². The van der Waals surface area contributed by atoms with E-state index in [2.05, 4.69) is 26.9 Å². The summed E-state index contributed by atoms with van der Waals surface area (Å²) in [5.41, 5.74) is 7.41. The third kappa shape index (κ3) is 3.06. The van der Waals surface area contributed by atoms with Gasteiger partial charge in [-0.15, -0.1) is 0 Å². The van der Waals surface area contributed by atoms with Crippen molar-refractivity contribution in [1.29, 1.82) is 0 Å². The number of likely N-dealkylation sites (tertiary alicyclic amines) is 1. The number of benzene rings is 1. The maximum absolute atomic E-state index is 6.22. The summed E-state index contributed by atoms with van der Waals surface area (Å²) in [6.07, 6.45) is 1.02. The van der Waals surface area contributed by atoms with E-state index in [0.29, 0.717) is 0 Å². The third-order valence-corrected chi connectivity index (χ3v) is 4.65. The van der Waals surface area contributed by atoms with Crippen LogP contribution in [0.15, 0.2) is 22.7 Å². The Kier molecular flexibility index (Phi) is 5.04. The molecule has 0 aliphatic carbocycles. The van der Waals surface area contributed by atoms with Gasteiger partial charge in [0.25, 0.3) is 0 Å². The lowest BCUT2D eigenvalue weighted by atomic mass is 10.0. The average molecular weight is 334 g/mol. The minimum atomic E-state index is 0.166. The summed E-state index contributed by atoms with van der Waals surface area (Å²) in [5, 5.41) is 0.735. The zero-order chi connectivity index (χ0) is 13.1. The highest BCUT2D eigenvalue weighted by atomic mass is 79.9. The lowest BCUT2D eigenvalue weighted by Gasteiger charge is -2.27. The van der Waals surface area contributed by atoms with Gasteiger partial charge < -0.3 is 10.5 Å². The van der Waals surface area contributed by atoms with E-state index in [0.717, 1.165) is 35.6 Å². The molecule has 1 aromatic rings. The smallest absolute Gasteiger partial charge is 0.0589 e. The predicted octanol–water partition coefficient (Wildman–Crippen LogP) is 2.82. The van der Waals surface area contributed by atoms with Gasteiger partial charge in [0.15, 0.2) is 0 Å². The first-order chi connectivity index (χ1) is 8.63. The number of halogens is 2. The molecular weight excluding hydrogens is 316 g/mol. The quantitative estimate of drug-likeness (QED) is 0.921. The summed E-state index contributed by atoms with van der Waals surface area (Å²) < 4.78 is 6.07. The van der Waals surface area contributed by atoms with Crippen LogP contribution in [0.5, 0.6) is 0 Å². The lowest BCUT2D eigenvalue weighted by molar-refractivity contribution is 0.139. The molecule has 0 spiro atoms. The highest BCUT2D eigenvalue weighted by molar-refractivity contribution is 9.10. The van der Waals surface area contributed by atoms with E-state index in [1.54, 1.807) is 7.11 Å². The topological polar surface area (TPSA) is 38.5 Å². The van der Waals surface area contributed by atoms with Crippen LogP contribution in [0, 0.1) is 0 Å². The van der Waals surface area contributed by atoms with Crippen molar-refractivity contribution < 1.29 is 4.74 Å². The molecule has 2 unspecified atom stereocenters. The summed E-state index contributed by atoms with van der Waals surface area (Å²) in [6.45, 7) is 2.65. The molecular formula is C13H18BrClN2O. The van der Waals surface area contributed by atoms with E-state index in [1.165, 1.54) is 5.56 Å². The summed E-state index contributed by atoms with van der Waals surface area (Å²) >= 11 is 9.57. The van der Waals surface area contributed by atoms with Crippen LogP contribution >= 0.6 is 27.5 Å². The molecule has 1 heterocycles. The van der Waals surface area contributed by atoms with Gasteiger partial charge in [-0.2, -0.15) is 0 Å². The van der Waals surface area contributed by atoms with Crippen molar-refractivity contribution in [2.24, 2.45) is 5.73 Å². The first-order valence-electron chi connectivity index (χ1n) is 6.07. The average Bonchev–Trinajstić information content (AvgIpc) is 2.71. The molecule has 1 aliphatic heterocycles. The summed E-state index contributed by atoms with van der Waals surface area (Å²) in [6, 6.07) is 6.48. The zero-order valence-corrected chi connectivity index (χ0v) is 12.7. The Balaban J connectivity index is 2.19. The van der Waals surface area contributed by atoms with Crippen molar-refractivity contribution >= 4 is 27.5 Å². The van der Waals surface area contributed by atoms with Crippen LogP contribution in [0.4, 0.5) is 0 Å². The number of nitrogens with two attached hydrogens (primary N) is 1. The molecule has 5 heteroatoms.